The number of aromatic hydroxyl groups is 1. The molecule has 1 aromatic carbocycles. The van der Waals surface area contributed by atoms with Gasteiger partial charge in [-0.15, -0.1) is 0 Å². The number of phenols is 1. The predicted molar refractivity (Wildman–Crippen MR) is 79.0 cm³/mol. The average molecular weight is 247 g/mol. The zero-order chi connectivity index (χ0) is 13.9. The Morgan fingerprint density at radius 3 is 2.39 bits per heavy atom. The van der Waals surface area contributed by atoms with Crippen molar-refractivity contribution < 1.29 is 5.11 Å². The second-order valence-electron chi connectivity index (χ2n) is 5.83. The van der Waals surface area contributed by atoms with Gasteiger partial charge in [0.2, 0.25) is 0 Å². The Morgan fingerprint density at radius 2 is 1.89 bits per heavy atom. The average Bonchev–Trinajstić information content (AvgIpc) is 2.26. The van der Waals surface area contributed by atoms with Crippen LogP contribution in [0.1, 0.15) is 49.9 Å². The Morgan fingerprint density at radius 1 is 1.28 bits per heavy atom. The maximum absolute atomic E-state index is 10.4. The molecule has 0 saturated heterocycles. The second kappa shape index (κ2) is 5.55. The third kappa shape index (κ3) is 3.12. The molecule has 0 bridgehead atoms. The van der Waals surface area contributed by atoms with Crippen molar-refractivity contribution >= 4 is 6.21 Å². The van der Waals surface area contributed by atoms with Crippen LogP contribution in [-0.2, 0) is 11.8 Å². The first-order valence-electron chi connectivity index (χ1n) is 6.59. The minimum atomic E-state index is -0.0321. The zero-order valence-corrected chi connectivity index (χ0v) is 12.5. The van der Waals surface area contributed by atoms with Crippen molar-refractivity contribution in [1.82, 2.24) is 0 Å². The monoisotopic (exact) mass is 247 g/mol. The van der Waals surface area contributed by atoms with Gasteiger partial charge in [0, 0.05) is 19.2 Å². The van der Waals surface area contributed by atoms with E-state index < -0.39 is 0 Å². The molecule has 0 saturated carbocycles. The number of hydrogen-bond donors (Lipinski definition) is 1. The lowest BCUT2D eigenvalue weighted by Crippen LogP contribution is -2.13. The zero-order valence-electron chi connectivity index (χ0n) is 12.5. The minimum absolute atomic E-state index is 0.0321. The van der Waals surface area contributed by atoms with Crippen LogP contribution in [0.4, 0.5) is 0 Å². The number of phenolic OH excluding ortho intramolecular Hbond substituents is 1. The van der Waals surface area contributed by atoms with Gasteiger partial charge in [0.05, 0.1) is 0 Å². The van der Waals surface area contributed by atoms with Gasteiger partial charge in [0.15, 0.2) is 0 Å². The highest BCUT2D eigenvalue weighted by atomic mass is 16.3. The second-order valence-corrected chi connectivity index (χ2v) is 5.83. The third-order valence-corrected chi connectivity index (χ3v) is 3.31. The molecular weight excluding hydrogens is 222 g/mol. The predicted octanol–water partition coefficient (Wildman–Crippen LogP) is 3.94. The summed E-state index contributed by atoms with van der Waals surface area (Å²) in [5.74, 6) is 0.438. The lowest BCUT2D eigenvalue weighted by molar-refractivity contribution is 0.442. The molecule has 1 N–H and O–H groups in total. The number of benzene rings is 1. The van der Waals surface area contributed by atoms with E-state index in [1.54, 1.807) is 0 Å². The van der Waals surface area contributed by atoms with Gasteiger partial charge in [0.25, 0.3) is 0 Å². The Bertz CT molecular complexity index is 453. The van der Waals surface area contributed by atoms with E-state index in [9.17, 15) is 5.11 Å². The minimum Gasteiger partial charge on any atom is -0.507 e. The van der Waals surface area contributed by atoms with E-state index in [-0.39, 0.29) is 5.41 Å². The van der Waals surface area contributed by atoms with Crippen molar-refractivity contribution in [3.8, 4) is 5.75 Å². The molecule has 0 aromatic heterocycles. The fraction of sp³-hybridized carbons (Fsp3) is 0.562. The first-order valence-corrected chi connectivity index (χ1v) is 6.59. The molecule has 0 heterocycles. The maximum atomic E-state index is 10.4. The summed E-state index contributed by atoms with van der Waals surface area (Å²) in [5, 5.41) is 10.4. The van der Waals surface area contributed by atoms with Crippen molar-refractivity contribution in [2.45, 2.75) is 53.4 Å². The summed E-state index contributed by atoms with van der Waals surface area (Å²) < 4.78 is 0. The lowest BCUT2D eigenvalue weighted by atomic mass is 9.82. The van der Waals surface area contributed by atoms with E-state index in [0.29, 0.717) is 5.75 Å². The Kier molecular flexibility index (Phi) is 4.55. The summed E-state index contributed by atoms with van der Waals surface area (Å²) in [4.78, 5) is 4.24. The van der Waals surface area contributed by atoms with Gasteiger partial charge in [0.1, 0.15) is 5.75 Å². The fourth-order valence-electron chi connectivity index (χ4n) is 2.18. The van der Waals surface area contributed by atoms with Crippen molar-refractivity contribution in [2.24, 2.45) is 4.99 Å². The maximum Gasteiger partial charge on any atom is 0.122 e. The van der Waals surface area contributed by atoms with Crippen molar-refractivity contribution in [3.05, 3.63) is 28.3 Å². The number of aliphatic imine (C=N–C) groups is 1. The molecule has 0 unspecified atom stereocenters. The highest BCUT2D eigenvalue weighted by molar-refractivity contribution is 5.65. The summed E-state index contributed by atoms with van der Waals surface area (Å²) in [5.41, 5.74) is 4.40. The van der Waals surface area contributed by atoms with Crippen LogP contribution >= 0.6 is 0 Å². The van der Waals surface area contributed by atoms with Crippen LogP contribution in [0.25, 0.3) is 0 Å². The number of hydrogen-bond acceptors (Lipinski definition) is 2. The summed E-state index contributed by atoms with van der Waals surface area (Å²) >= 11 is 0. The summed E-state index contributed by atoms with van der Waals surface area (Å²) in [6, 6.07) is 2.11. The van der Waals surface area contributed by atoms with E-state index in [2.05, 4.69) is 38.8 Å². The molecule has 18 heavy (non-hydrogen) atoms. The van der Waals surface area contributed by atoms with Gasteiger partial charge in [-0.05, 0) is 48.4 Å². The Balaban J connectivity index is 3.25. The first kappa shape index (κ1) is 14.7. The molecular formula is C16H25NO. The van der Waals surface area contributed by atoms with Gasteiger partial charge in [-0.2, -0.15) is 0 Å². The summed E-state index contributed by atoms with van der Waals surface area (Å²) in [7, 11) is 0. The third-order valence-electron chi connectivity index (χ3n) is 3.31. The summed E-state index contributed by atoms with van der Waals surface area (Å²) in [6.07, 6.45) is 2.73. The van der Waals surface area contributed by atoms with Gasteiger partial charge in [-0.1, -0.05) is 26.8 Å². The number of aryl methyl sites for hydroxylation is 1. The SMILES string of the molecule is CC/N=C/Cc1c(C)cc(C(C)(C)C)c(O)c1C. The largest absolute Gasteiger partial charge is 0.507 e. The van der Waals surface area contributed by atoms with E-state index in [0.717, 1.165) is 24.1 Å². The quantitative estimate of drug-likeness (QED) is 0.806. The molecule has 0 atom stereocenters. The smallest absolute Gasteiger partial charge is 0.122 e. The molecule has 1 rings (SSSR count). The van der Waals surface area contributed by atoms with Crippen molar-refractivity contribution in [1.29, 1.82) is 0 Å². The topological polar surface area (TPSA) is 32.6 Å². The van der Waals surface area contributed by atoms with Crippen LogP contribution in [0.15, 0.2) is 11.1 Å². The Hall–Kier alpha value is -1.31. The molecule has 0 amide bonds. The molecule has 2 heteroatoms. The van der Waals surface area contributed by atoms with Gasteiger partial charge >= 0.3 is 0 Å². The van der Waals surface area contributed by atoms with Crippen LogP contribution in [0.3, 0.4) is 0 Å². The molecule has 0 fully saturated rings. The molecule has 0 aliphatic heterocycles. The Labute approximate surface area is 111 Å². The van der Waals surface area contributed by atoms with E-state index in [1.165, 1.54) is 11.1 Å². The molecule has 0 radical (unpaired) electrons. The fourth-order valence-corrected chi connectivity index (χ4v) is 2.18. The van der Waals surface area contributed by atoms with Gasteiger partial charge in [-0.3, -0.25) is 4.99 Å². The summed E-state index contributed by atoms with van der Waals surface area (Å²) in [6.45, 7) is 13.3. The van der Waals surface area contributed by atoms with Crippen LogP contribution in [0.5, 0.6) is 5.75 Å². The van der Waals surface area contributed by atoms with Crippen molar-refractivity contribution in [2.75, 3.05) is 6.54 Å². The lowest BCUT2D eigenvalue weighted by Gasteiger charge is -2.24. The van der Waals surface area contributed by atoms with Crippen LogP contribution < -0.4 is 0 Å². The van der Waals surface area contributed by atoms with Gasteiger partial charge < -0.3 is 5.11 Å². The van der Waals surface area contributed by atoms with Gasteiger partial charge in [-0.25, -0.2) is 0 Å². The van der Waals surface area contributed by atoms with E-state index in [4.69, 9.17) is 0 Å². The first-order chi connectivity index (χ1) is 8.29. The standard InChI is InChI=1S/C16H25NO/c1-7-17-9-8-13-11(2)10-14(16(4,5)6)15(18)12(13)3/h9-10,18H,7-8H2,1-6H3/b17-9+. The highest BCUT2D eigenvalue weighted by Crippen LogP contribution is 2.36. The number of nitrogens with zero attached hydrogens (tertiary/aromatic N) is 1. The van der Waals surface area contributed by atoms with Crippen LogP contribution in [0.2, 0.25) is 0 Å². The molecule has 1 aromatic rings. The molecule has 2 nitrogen and oxygen atoms in total. The highest BCUT2D eigenvalue weighted by Gasteiger charge is 2.21. The molecule has 0 aliphatic rings. The van der Waals surface area contributed by atoms with Crippen LogP contribution in [-0.4, -0.2) is 17.9 Å². The number of rotatable bonds is 3. The normalized spacial score (nSPS) is 12.3. The van der Waals surface area contributed by atoms with E-state index >= 15 is 0 Å². The molecule has 100 valence electrons. The van der Waals surface area contributed by atoms with E-state index in [1.807, 2.05) is 20.1 Å². The van der Waals surface area contributed by atoms with Crippen molar-refractivity contribution in [3.63, 3.8) is 0 Å². The molecule has 0 spiro atoms. The van der Waals surface area contributed by atoms with Crippen LogP contribution in [0, 0.1) is 13.8 Å². The molecule has 0 aliphatic carbocycles.